The lowest BCUT2D eigenvalue weighted by Gasteiger charge is -2.24. The monoisotopic (exact) mass is 290 g/mol. The van der Waals surface area contributed by atoms with E-state index in [1.54, 1.807) is 6.07 Å². The zero-order valence-corrected chi connectivity index (χ0v) is 10.9. The molecule has 1 aliphatic rings. The largest absolute Gasteiger partial charge is 0.398 e. The Balaban J connectivity index is 2.45. The molecule has 1 fully saturated rings. The van der Waals surface area contributed by atoms with E-state index in [1.165, 1.54) is 12.1 Å². The first-order chi connectivity index (χ1) is 12.1. The highest BCUT2D eigenvalue weighted by Crippen LogP contribution is 2.24. The van der Waals surface area contributed by atoms with Crippen LogP contribution in [0.3, 0.4) is 0 Å². The van der Waals surface area contributed by atoms with Gasteiger partial charge in [0, 0.05) is 17.6 Å². The van der Waals surface area contributed by atoms with E-state index in [9.17, 15) is 14.4 Å². The lowest BCUT2D eigenvalue weighted by Crippen LogP contribution is -2.36. The van der Waals surface area contributed by atoms with Crippen molar-refractivity contribution in [3.63, 3.8) is 0 Å². The van der Waals surface area contributed by atoms with E-state index in [0.29, 0.717) is 4.57 Å². The number of aryl methyl sites for hydroxylation is 1. The summed E-state index contributed by atoms with van der Waals surface area (Å²) in [4.78, 5) is 41.4. The van der Waals surface area contributed by atoms with Gasteiger partial charge in [0.05, 0.1) is 24.7 Å². The minimum atomic E-state index is -2.99. The van der Waals surface area contributed by atoms with E-state index in [4.69, 9.17) is 12.6 Å². The van der Waals surface area contributed by atoms with Crippen molar-refractivity contribution in [3.8, 4) is 0 Å². The quantitative estimate of drug-likeness (QED) is 0.628. The Morgan fingerprint density at radius 3 is 3.05 bits per heavy atom. The molecule has 2 N–H and O–H groups in total. The van der Waals surface area contributed by atoms with Gasteiger partial charge in [-0.15, -0.1) is 0 Å². The van der Waals surface area contributed by atoms with E-state index in [1.807, 2.05) is 0 Å². The average Bonchev–Trinajstić information content (AvgIpc) is 2.58. The second-order valence-corrected chi connectivity index (χ2v) is 4.61. The van der Waals surface area contributed by atoms with Gasteiger partial charge in [-0.2, -0.15) is 0 Å². The maximum absolute atomic E-state index is 13.0. The fraction of sp³-hybridized carbons (Fsp3) is 0.333. The molecule has 0 saturated heterocycles. The number of ketones is 2. The molecule has 2 atom stereocenters. The molecule has 1 aromatic carbocycles. The van der Waals surface area contributed by atoms with Crippen molar-refractivity contribution in [3.05, 3.63) is 34.4 Å². The first-order valence-electron chi connectivity index (χ1n) is 8.94. The van der Waals surface area contributed by atoms with Gasteiger partial charge in [-0.1, -0.05) is 6.07 Å². The zero-order valence-electron chi connectivity index (χ0n) is 15.9. The van der Waals surface area contributed by atoms with Crippen LogP contribution in [-0.2, 0) is 9.59 Å². The summed E-state index contributed by atoms with van der Waals surface area (Å²) in [6.07, 6.45) is -5.86. The van der Waals surface area contributed by atoms with E-state index in [-0.39, 0.29) is 22.4 Å². The van der Waals surface area contributed by atoms with Gasteiger partial charge in [0.25, 0.3) is 5.56 Å². The van der Waals surface area contributed by atoms with Crippen LogP contribution in [0.15, 0.2) is 23.0 Å². The highest BCUT2D eigenvalue weighted by Gasteiger charge is 2.30. The molecular weight excluding hydrogens is 270 g/mol. The van der Waals surface area contributed by atoms with Crippen molar-refractivity contribution in [2.75, 3.05) is 5.73 Å². The van der Waals surface area contributed by atoms with Gasteiger partial charge in [-0.3, -0.25) is 19.0 Å². The van der Waals surface area contributed by atoms with Gasteiger partial charge in [0.1, 0.15) is 11.6 Å². The number of carbonyl (C=O) groups is 2. The van der Waals surface area contributed by atoms with Crippen molar-refractivity contribution in [2.24, 2.45) is 0 Å². The first kappa shape index (κ1) is 8.71. The Kier molecular flexibility index (Phi) is 1.99. The van der Waals surface area contributed by atoms with Crippen molar-refractivity contribution >= 4 is 28.2 Å². The number of carbonyl (C=O) groups excluding carboxylic acids is 2. The molecule has 0 bridgehead atoms. The van der Waals surface area contributed by atoms with E-state index in [2.05, 4.69) is 4.98 Å². The van der Waals surface area contributed by atoms with Crippen LogP contribution in [0, 0.1) is 6.90 Å². The number of nitrogen functional groups attached to an aromatic ring is 1. The molecule has 0 amide bonds. The standard InChI is InChI=1S/C15H15N3O3/c1-8-17-11-4-2-3-10(16)14(11)15(21)18(8)12-6-5-9(19)7-13(12)20/h2-4,12H,5-7,16H2,1H3/i1D,5D,6D2,12D. The molecule has 21 heavy (non-hydrogen) atoms. The average molecular weight is 290 g/mol. The van der Waals surface area contributed by atoms with Crippen LogP contribution in [0.2, 0.25) is 0 Å². The van der Waals surface area contributed by atoms with Crippen molar-refractivity contribution < 1.29 is 16.4 Å². The zero-order chi connectivity index (χ0) is 19.4. The Morgan fingerprint density at radius 2 is 2.29 bits per heavy atom. The normalized spacial score (nSPS) is 32.0. The Labute approximate surface area is 127 Å². The minimum Gasteiger partial charge on any atom is -0.398 e. The summed E-state index contributed by atoms with van der Waals surface area (Å²) in [6.45, 7) is -0.611. The van der Waals surface area contributed by atoms with E-state index >= 15 is 0 Å². The van der Waals surface area contributed by atoms with Crippen LogP contribution in [0.1, 0.15) is 37.9 Å². The summed E-state index contributed by atoms with van der Waals surface area (Å²) in [5.74, 6) is -2.44. The summed E-state index contributed by atoms with van der Waals surface area (Å²) in [5, 5.41) is -0.113. The SMILES string of the molecule is [2H]Cc1nc2cccc(N)c2c(=O)n1C1([2H])C(=O)CC(=O)C([2H])C1([2H])[2H]. The number of benzene rings is 1. The van der Waals surface area contributed by atoms with Gasteiger partial charge < -0.3 is 5.73 Å². The van der Waals surface area contributed by atoms with Crippen LogP contribution in [0.25, 0.3) is 10.9 Å². The number of nitrogens with zero attached hydrogens (tertiary/aromatic N) is 2. The molecule has 2 aromatic rings. The highest BCUT2D eigenvalue weighted by molar-refractivity contribution is 6.03. The smallest absolute Gasteiger partial charge is 0.264 e. The molecule has 1 aromatic heterocycles. The van der Waals surface area contributed by atoms with Crippen LogP contribution in [0.4, 0.5) is 5.69 Å². The van der Waals surface area contributed by atoms with Crippen molar-refractivity contribution in [1.82, 2.24) is 9.55 Å². The van der Waals surface area contributed by atoms with Gasteiger partial charge in [0.15, 0.2) is 5.78 Å². The van der Waals surface area contributed by atoms with Crippen LogP contribution >= 0.6 is 0 Å². The number of aromatic nitrogens is 2. The number of nitrogens with two attached hydrogens (primary N) is 1. The number of anilines is 1. The third-order valence-corrected chi connectivity index (χ3v) is 3.19. The molecule has 3 rings (SSSR count). The molecule has 6 nitrogen and oxygen atoms in total. The molecule has 6 heteroatoms. The lowest BCUT2D eigenvalue weighted by atomic mass is 9.92. The van der Waals surface area contributed by atoms with Crippen LogP contribution in [0.5, 0.6) is 0 Å². The van der Waals surface area contributed by atoms with Crippen molar-refractivity contribution in [2.45, 2.75) is 32.1 Å². The molecule has 0 spiro atoms. The maximum atomic E-state index is 13.0. The Hall–Kier alpha value is -2.50. The van der Waals surface area contributed by atoms with Gasteiger partial charge in [-0.05, 0) is 25.4 Å². The third kappa shape index (κ3) is 2.12. The van der Waals surface area contributed by atoms with Crippen LogP contribution in [-0.4, -0.2) is 21.1 Å². The molecule has 108 valence electrons. The van der Waals surface area contributed by atoms with Gasteiger partial charge >= 0.3 is 0 Å². The molecule has 0 radical (unpaired) electrons. The second kappa shape index (κ2) is 4.80. The van der Waals surface area contributed by atoms with E-state index < -0.39 is 49.2 Å². The number of hydrogen-bond acceptors (Lipinski definition) is 5. The third-order valence-electron chi connectivity index (χ3n) is 3.19. The summed E-state index contributed by atoms with van der Waals surface area (Å²) in [5.41, 5.74) is 5.03. The molecule has 1 heterocycles. The lowest BCUT2D eigenvalue weighted by molar-refractivity contribution is -0.132. The Morgan fingerprint density at radius 1 is 1.48 bits per heavy atom. The topological polar surface area (TPSA) is 95.0 Å². The predicted molar refractivity (Wildman–Crippen MR) is 78.1 cm³/mol. The molecule has 1 saturated carbocycles. The molecule has 1 aliphatic carbocycles. The van der Waals surface area contributed by atoms with Crippen molar-refractivity contribution in [1.29, 1.82) is 0 Å². The highest BCUT2D eigenvalue weighted by atomic mass is 16.2. The molecule has 2 unspecified atom stereocenters. The summed E-state index contributed by atoms with van der Waals surface area (Å²) < 4.78 is 40.6. The summed E-state index contributed by atoms with van der Waals surface area (Å²) >= 11 is 0. The van der Waals surface area contributed by atoms with E-state index in [0.717, 1.165) is 0 Å². The van der Waals surface area contributed by atoms with Gasteiger partial charge in [-0.25, -0.2) is 4.98 Å². The van der Waals surface area contributed by atoms with Crippen LogP contribution < -0.4 is 11.3 Å². The maximum Gasteiger partial charge on any atom is 0.264 e. The summed E-state index contributed by atoms with van der Waals surface area (Å²) in [7, 11) is 0. The number of fused-ring (bicyclic) bond motifs is 1. The minimum absolute atomic E-state index is 0.0243. The predicted octanol–water partition coefficient (Wildman–Crippen LogP) is 1.15. The fourth-order valence-electron chi connectivity index (χ4n) is 2.24. The second-order valence-electron chi connectivity index (χ2n) is 4.61. The summed E-state index contributed by atoms with van der Waals surface area (Å²) in [6, 6.07) is 1.54. The first-order valence-corrected chi connectivity index (χ1v) is 6.15. The molecular formula is C15H15N3O3. The molecule has 0 aliphatic heterocycles. The Bertz CT molecular complexity index is 1010. The number of Topliss-reactive ketones (excluding diaryl/α,β-unsaturated/α-hetero) is 2. The fourth-order valence-corrected chi connectivity index (χ4v) is 2.24. The van der Waals surface area contributed by atoms with Gasteiger partial charge in [0.2, 0.25) is 0 Å². The number of rotatable bonds is 1. The number of hydrogen-bond donors (Lipinski definition) is 1.